The molecule has 0 saturated heterocycles. The third-order valence-corrected chi connectivity index (χ3v) is 3.13. The first-order valence-electron chi connectivity index (χ1n) is 5.66. The minimum atomic E-state index is -4.98. The molecule has 0 bridgehead atoms. The van der Waals surface area contributed by atoms with Crippen LogP contribution >= 0.6 is 0 Å². The zero-order chi connectivity index (χ0) is 14.2. The summed E-state index contributed by atoms with van der Waals surface area (Å²) < 4.78 is 40.9. The zero-order valence-corrected chi connectivity index (χ0v) is 10.5. The number of halogens is 3. The molecule has 0 saturated carbocycles. The summed E-state index contributed by atoms with van der Waals surface area (Å²) in [7, 11) is 0. The Morgan fingerprint density at radius 2 is 2.00 bits per heavy atom. The Labute approximate surface area is 104 Å². The van der Waals surface area contributed by atoms with Crippen molar-refractivity contribution in [1.82, 2.24) is 0 Å². The van der Waals surface area contributed by atoms with E-state index in [1.165, 1.54) is 19.9 Å². The van der Waals surface area contributed by atoms with Crippen LogP contribution in [0.3, 0.4) is 0 Å². The van der Waals surface area contributed by atoms with Crippen LogP contribution in [0.15, 0.2) is 12.2 Å². The van der Waals surface area contributed by atoms with E-state index in [0.29, 0.717) is 12.8 Å². The summed E-state index contributed by atoms with van der Waals surface area (Å²) in [6.07, 6.45) is -0.971. The van der Waals surface area contributed by atoms with Crippen LogP contribution in [0, 0.1) is 5.92 Å². The molecule has 0 aromatic rings. The van der Waals surface area contributed by atoms with Gasteiger partial charge in [0.05, 0.1) is 5.60 Å². The molecule has 104 valence electrons. The van der Waals surface area contributed by atoms with Gasteiger partial charge in [-0.3, -0.25) is 0 Å². The summed E-state index contributed by atoms with van der Waals surface area (Å²) in [4.78, 5) is 10.8. The van der Waals surface area contributed by atoms with Crippen molar-refractivity contribution in [3.05, 3.63) is 12.2 Å². The fraction of sp³-hybridized carbons (Fsp3) is 0.750. The summed E-state index contributed by atoms with van der Waals surface area (Å²) in [6, 6.07) is 0. The number of carbonyl (C=O) groups excluding carboxylic acids is 1. The monoisotopic (exact) mass is 266 g/mol. The average molecular weight is 266 g/mol. The molecule has 1 N–H and O–H groups in total. The molecule has 0 spiro atoms. The van der Waals surface area contributed by atoms with Crippen molar-refractivity contribution >= 4 is 5.97 Å². The van der Waals surface area contributed by atoms with E-state index in [1.54, 1.807) is 13.0 Å². The van der Waals surface area contributed by atoms with Crippen molar-refractivity contribution in [2.45, 2.75) is 51.0 Å². The highest BCUT2D eigenvalue weighted by Gasteiger charge is 2.46. The number of carbonyl (C=O) groups is 1. The maximum absolute atomic E-state index is 12.1. The highest BCUT2D eigenvalue weighted by atomic mass is 19.4. The van der Waals surface area contributed by atoms with E-state index in [2.05, 4.69) is 4.74 Å². The molecule has 0 radical (unpaired) electrons. The Hall–Kier alpha value is -1.04. The van der Waals surface area contributed by atoms with Gasteiger partial charge in [-0.15, -0.1) is 0 Å². The number of alkyl halides is 3. The van der Waals surface area contributed by atoms with Crippen LogP contribution in [0.4, 0.5) is 13.2 Å². The van der Waals surface area contributed by atoms with Crippen LogP contribution in [-0.4, -0.2) is 28.5 Å². The van der Waals surface area contributed by atoms with E-state index in [9.17, 15) is 23.1 Å². The third kappa shape index (κ3) is 3.73. The number of rotatable bonds is 2. The van der Waals surface area contributed by atoms with E-state index in [4.69, 9.17) is 0 Å². The Bertz CT molecular complexity index is 356. The first-order chi connectivity index (χ1) is 7.94. The molecule has 6 heteroatoms. The first kappa shape index (κ1) is 15.0. The minimum Gasteiger partial charge on any atom is -0.452 e. The third-order valence-electron chi connectivity index (χ3n) is 3.13. The number of esters is 1. The molecule has 0 aromatic heterocycles. The van der Waals surface area contributed by atoms with Gasteiger partial charge in [-0.1, -0.05) is 12.2 Å². The van der Waals surface area contributed by atoms with Crippen molar-refractivity contribution in [3.8, 4) is 0 Å². The summed E-state index contributed by atoms with van der Waals surface area (Å²) in [5, 5.41) is 9.69. The van der Waals surface area contributed by atoms with Crippen molar-refractivity contribution in [2.24, 2.45) is 5.92 Å². The number of hydrogen-bond acceptors (Lipinski definition) is 3. The van der Waals surface area contributed by atoms with Crippen LogP contribution in [0.25, 0.3) is 0 Å². The van der Waals surface area contributed by atoms with Gasteiger partial charge in [-0.25, -0.2) is 4.79 Å². The Morgan fingerprint density at radius 3 is 2.39 bits per heavy atom. The molecule has 0 fully saturated rings. The lowest BCUT2D eigenvalue weighted by molar-refractivity contribution is -0.214. The fourth-order valence-corrected chi connectivity index (χ4v) is 1.90. The number of hydrogen-bond donors (Lipinski definition) is 1. The fourth-order valence-electron chi connectivity index (χ4n) is 1.90. The van der Waals surface area contributed by atoms with Gasteiger partial charge >= 0.3 is 12.1 Å². The van der Waals surface area contributed by atoms with E-state index in [-0.39, 0.29) is 5.92 Å². The van der Waals surface area contributed by atoms with Crippen molar-refractivity contribution in [2.75, 3.05) is 0 Å². The normalized spacial score (nSPS) is 29.2. The molecule has 1 rings (SSSR count). The number of ether oxygens (including phenoxy) is 1. The summed E-state index contributed by atoms with van der Waals surface area (Å²) >= 11 is 0. The largest absolute Gasteiger partial charge is 0.490 e. The minimum absolute atomic E-state index is 0.343. The van der Waals surface area contributed by atoms with Crippen molar-refractivity contribution in [1.29, 1.82) is 0 Å². The van der Waals surface area contributed by atoms with Crippen LogP contribution < -0.4 is 0 Å². The molecule has 0 aromatic carbocycles. The highest BCUT2D eigenvalue weighted by molar-refractivity contribution is 5.76. The molecular weight excluding hydrogens is 249 g/mol. The predicted octanol–water partition coefficient (Wildman–Crippen LogP) is 2.59. The van der Waals surface area contributed by atoms with Gasteiger partial charge in [0, 0.05) is 5.92 Å². The topological polar surface area (TPSA) is 46.5 Å². The average Bonchev–Trinajstić information content (AvgIpc) is 2.14. The first-order valence-corrected chi connectivity index (χ1v) is 5.66. The second-order valence-corrected chi connectivity index (χ2v) is 5.35. The van der Waals surface area contributed by atoms with Crippen LogP contribution in [0.1, 0.15) is 33.6 Å². The molecule has 1 aliphatic rings. The molecule has 2 atom stereocenters. The van der Waals surface area contributed by atoms with E-state index in [0.717, 1.165) is 0 Å². The molecule has 0 heterocycles. The van der Waals surface area contributed by atoms with Crippen LogP contribution in [0.2, 0.25) is 0 Å². The zero-order valence-electron chi connectivity index (χ0n) is 10.5. The summed E-state index contributed by atoms with van der Waals surface area (Å²) in [5.41, 5.74) is -2.19. The van der Waals surface area contributed by atoms with Crippen molar-refractivity contribution < 1.29 is 27.8 Å². The SMILES string of the molecule is CC1(O)C=CC(C(C)(C)OC(=O)C(F)(F)F)CC1. The van der Waals surface area contributed by atoms with Crippen LogP contribution in [0.5, 0.6) is 0 Å². The molecule has 0 aliphatic heterocycles. The Balaban J connectivity index is 2.74. The van der Waals surface area contributed by atoms with Crippen LogP contribution in [-0.2, 0) is 9.53 Å². The molecular formula is C12H17F3O3. The Kier molecular flexibility index (Phi) is 3.81. The van der Waals surface area contributed by atoms with Gasteiger partial charge in [0.25, 0.3) is 0 Å². The van der Waals surface area contributed by atoms with Gasteiger partial charge in [0.15, 0.2) is 0 Å². The highest BCUT2D eigenvalue weighted by Crippen LogP contribution is 2.35. The molecule has 3 nitrogen and oxygen atoms in total. The molecule has 1 aliphatic carbocycles. The lowest BCUT2D eigenvalue weighted by Gasteiger charge is -2.37. The summed E-state index contributed by atoms with van der Waals surface area (Å²) in [5.74, 6) is -2.53. The van der Waals surface area contributed by atoms with E-state index >= 15 is 0 Å². The van der Waals surface area contributed by atoms with E-state index < -0.39 is 23.3 Å². The Morgan fingerprint density at radius 1 is 1.44 bits per heavy atom. The molecule has 0 amide bonds. The van der Waals surface area contributed by atoms with E-state index in [1.807, 2.05) is 0 Å². The maximum Gasteiger partial charge on any atom is 0.490 e. The predicted molar refractivity (Wildman–Crippen MR) is 58.7 cm³/mol. The van der Waals surface area contributed by atoms with Gasteiger partial charge in [0.1, 0.15) is 5.60 Å². The summed E-state index contributed by atoms with van der Waals surface area (Å²) in [6.45, 7) is 4.49. The molecule has 18 heavy (non-hydrogen) atoms. The quantitative estimate of drug-likeness (QED) is 0.617. The smallest absolute Gasteiger partial charge is 0.452 e. The maximum atomic E-state index is 12.1. The second kappa shape index (κ2) is 4.57. The molecule has 2 unspecified atom stereocenters. The number of aliphatic hydroxyl groups is 1. The van der Waals surface area contributed by atoms with Crippen molar-refractivity contribution in [3.63, 3.8) is 0 Å². The van der Waals surface area contributed by atoms with Gasteiger partial charge in [-0.2, -0.15) is 13.2 Å². The van der Waals surface area contributed by atoms with Gasteiger partial charge < -0.3 is 9.84 Å². The van der Waals surface area contributed by atoms with Gasteiger partial charge in [0.2, 0.25) is 0 Å². The standard InChI is InChI=1S/C12H17F3O3/c1-10(2,18-9(16)12(13,14)15)8-4-6-11(3,17)7-5-8/h4,6,8,17H,5,7H2,1-3H3. The lowest BCUT2D eigenvalue weighted by Crippen LogP contribution is -2.42. The second-order valence-electron chi connectivity index (χ2n) is 5.35. The lowest BCUT2D eigenvalue weighted by atomic mass is 9.78. The van der Waals surface area contributed by atoms with Gasteiger partial charge in [-0.05, 0) is 33.6 Å².